The molecular weight excluding hydrogens is 364 g/mol. The van der Waals surface area contributed by atoms with Crippen LogP contribution < -0.4 is 4.72 Å². The van der Waals surface area contributed by atoms with Gasteiger partial charge in [-0.15, -0.1) is 0 Å². The summed E-state index contributed by atoms with van der Waals surface area (Å²) >= 11 is 0. The quantitative estimate of drug-likeness (QED) is 0.842. The van der Waals surface area contributed by atoms with Gasteiger partial charge in [0.2, 0.25) is 10.0 Å². The predicted octanol–water partition coefficient (Wildman–Crippen LogP) is 3.67. The zero-order chi connectivity index (χ0) is 19.8. The van der Waals surface area contributed by atoms with E-state index in [1.54, 1.807) is 11.8 Å². The summed E-state index contributed by atoms with van der Waals surface area (Å²) < 4.78 is 34.4. The molecule has 0 aliphatic carbocycles. The van der Waals surface area contributed by atoms with Gasteiger partial charge in [-0.3, -0.25) is 4.79 Å². The molecule has 1 aromatic heterocycles. The summed E-state index contributed by atoms with van der Waals surface area (Å²) in [6, 6.07) is 1.91. The highest BCUT2D eigenvalue weighted by Gasteiger charge is 2.29. The highest BCUT2D eigenvalue weighted by molar-refractivity contribution is 7.89. The lowest BCUT2D eigenvalue weighted by Gasteiger charge is -2.25. The first-order valence-corrected chi connectivity index (χ1v) is 11.1. The molecule has 0 unspecified atom stereocenters. The highest BCUT2D eigenvalue weighted by atomic mass is 32.2. The van der Waals surface area contributed by atoms with E-state index in [9.17, 15) is 13.2 Å². The summed E-state index contributed by atoms with van der Waals surface area (Å²) in [5, 5.41) is 0.690. The Hall–Kier alpha value is -1.86. The number of nitrogens with zero attached hydrogens (tertiary/aromatic N) is 1. The van der Waals surface area contributed by atoms with Gasteiger partial charge in [-0.05, 0) is 63.6 Å². The van der Waals surface area contributed by atoms with Crippen LogP contribution in [-0.2, 0) is 10.0 Å². The van der Waals surface area contributed by atoms with E-state index < -0.39 is 10.0 Å². The van der Waals surface area contributed by atoms with E-state index in [4.69, 9.17) is 4.42 Å². The maximum Gasteiger partial charge on any atom is 0.289 e. The van der Waals surface area contributed by atoms with Gasteiger partial charge in [0, 0.05) is 30.6 Å². The number of carbonyl (C=O) groups is 1. The molecule has 0 bridgehead atoms. The van der Waals surface area contributed by atoms with Crippen LogP contribution in [0.3, 0.4) is 0 Å². The fourth-order valence-electron chi connectivity index (χ4n) is 3.62. The number of likely N-dealkylation sites (tertiary alicyclic amines) is 1. The van der Waals surface area contributed by atoms with E-state index in [1.807, 2.05) is 26.8 Å². The summed E-state index contributed by atoms with van der Waals surface area (Å²) in [6.07, 6.45) is 3.81. The molecule has 148 valence electrons. The van der Waals surface area contributed by atoms with E-state index >= 15 is 0 Å². The van der Waals surface area contributed by atoms with Crippen molar-refractivity contribution in [2.24, 2.45) is 0 Å². The number of nitrogens with one attached hydrogen (secondary N) is 1. The third-order valence-electron chi connectivity index (χ3n) is 5.34. The lowest BCUT2D eigenvalue weighted by molar-refractivity contribution is 0.0693. The Balaban J connectivity index is 2.17. The van der Waals surface area contributed by atoms with Gasteiger partial charge in [-0.25, -0.2) is 13.1 Å². The van der Waals surface area contributed by atoms with Crippen molar-refractivity contribution in [3.8, 4) is 0 Å². The Morgan fingerprint density at radius 2 is 1.81 bits per heavy atom. The molecule has 0 spiro atoms. The van der Waals surface area contributed by atoms with Crippen molar-refractivity contribution in [1.29, 1.82) is 0 Å². The van der Waals surface area contributed by atoms with Crippen LogP contribution in [0.2, 0.25) is 0 Å². The molecule has 1 aromatic carbocycles. The zero-order valence-electron chi connectivity index (χ0n) is 16.5. The maximum atomic E-state index is 13.0. The predicted molar refractivity (Wildman–Crippen MR) is 106 cm³/mol. The summed E-state index contributed by atoms with van der Waals surface area (Å²) in [6.45, 7) is 9.19. The summed E-state index contributed by atoms with van der Waals surface area (Å²) in [5.74, 6) is 0.104. The molecule has 0 atom stereocenters. The smallest absolute Gasteiger partial charge is 0.289 e. The fraction of sp³-hybridized carbons (Fsp3) is 0.550. The van der Waals surface area contributed by atoms with E-state index in [0.717, 1.165) is 37.9 Å². The van der Waals surface area contributed by atoms with Gasteiger partial charge in [0.1, 0.15) is 4.90 Å². The number of rotatable bonds is 5. The number of benzene rings is 1. The molecule has 1 N–H and O–H groups in total. The first kappa shape index (κ1) is 19.9. The molecule has 0 saturated carbocycles. The van der Waals surface area contributed by atoms with Crippen molar-refractivity contribution < 1.29 is 17.6 Å². The van der Waals surface area contributed by atoms with Crippen molar-refractivity contribution in [2.45, 2.75) is 58.3 Å². The second-order valence-electron chi connectivity index (χ2n) is 7.33. The summed E-state index contributed by atoms with van der Waals surface area (Å²) in [7, 11) is -3.72. The van der Waals surface area contributed by atoms with Crippen LogP contribution in [0.1, 0.15) is 59.9 Å². The molecule has 1 amide bonds. The molecule has 6 nitrogen and oxygen atoms in total. The fourth-order valence-corrected chi connectivity index (χ4v) is 5.20. The molecule has 7 heteroatoms. The van der Waals surface area contributed by atoms with E-state index in [-0.39, 0.29) is 22.1 Å². The second-order valence-corrected chi connectivity index (χ2v) is 9.03. The summed E-state index contributed by atoms with van der Waals surface area (Å²) in [4.78, 5) is 14.9. The summed E-state index contributed by atoms with van der Waals surface area (Å²) in [5.41, 5.74) is 2.49. The average Bonchev–Trinajstić information content (AvgIpc) is 2.97. The topological polar surface area (TPSA) is 79.6 Å². The van der Waals surface area contributed by atoms with Crippen molar-refractivity contribution in [3.05, 3.63) is 28.5 Å². The largest absolute Gasteiger partial charge is 0.449 e. The van der Waals surface area contributed by atoms with Crippen LogP contribution in [0, 0.1) is 20.8 Å². The van der Waals surface area contributed by atoms with Gasteiger partial charge in [-0.1, -0.05) is 6.92 Å². The molecule has 2 heterocycles. The lowest BCUT2D eigenvalue weighted by Crippen LogP contribution is -2.35. The van der Waals surface area contributed by atoms with Gasteiger partial charge < -0.3 is 9.32 Å². The number of hydrogen-bond donors (Lipinski definition) is 1. The molecular formula is C20H28N2O4S. The normalized spacial score (nSPS) is 15.5. The number of hydrogen-bond acceptors (Lipinski definition) is 4. The van der Waals surface area contributed by atoms with Gasteiger partial charge >= 0.3 is 0 Å². The van der Waals surface area contributed by atoms with Crippen molar-refractivity contribution in [1.82, 2.24) is 9.62 Å². The molecule has 1 saturated heterocycles. The molecule has 3 rings (SSSR count). The average molecular weight is 393 g/mol. The Labute approximate surface area is 161 Å². The minimum Gasteiger partial charge on any atom is -0.449 e. The number of piperidine rings is 1. The monoisotopic (exact) mass is 392 g/mol. The standard InChI is InChI=1S/C20H28N2O4S/c1-5-9-21-27(24,25)19-14(3)13(2)12-16-15(4)17(26-18(16)19)20(23)22-10-7-6-8-11-22/h12,21H,5-11H2,1-4H3. The maximum absolute atomic E-state index is 13.0. The number of sulfonamides is 1. The van der Waals surface area contributed by atoms with Gasteiger partial charge in [-0.2, -0.15) is 0 Å². The Morgan fingerprint density at radius 1 is 1.15 bits per heavy atom. The van der Waals surface area contributed by atoms with Gasteiger partial charge in [0.15, 0.2) is 11.3 Å². The van der Waals surface area contributed by atoms with E-state index in [2.05, 4.69) is 4.72 Å². The minimum atomic E-state index is -3.72. The Morgan fingerprint density at radius 3 is 2.44 bits per heavy atom. The molecule has 27 heavy (non-hydrogen) atoms. The van der Waals surface area contributed by atoms with Crippen LogP contribution in [0.25, 0.3) is 11.0 Å². The molecule has 1 aliphatic heterocycles. The number of aryl methyl sites for hydroxylation is 2. The molecule has 2 aromatic rings. The highest BCUT2D eigenvalue weighted by Crippen LogP contribution is 2.35. The van der Waals surface area contributed by atoms with Crippen molar-refractivity contribution in [2.75, 3.05) is 19.6 Å². The van der Waals surface area contributed by atoms with Crippen LogP contribution in [0.15, 0.2) is 15.4 Å². The van der Waals surface area contributed by atoms with Crippen LogP contribution in [-0.4, -0.2) is 38.9 Å². The molecule has 0 radical (unpaired) electrons. The van der Waals surface area contributed by atoms with Crippen LogP contribution in [0.4, 0.5) is 0 Å². The second kappa shape index (κ2) is 7.64. The number of fused-ring (bicyclic) bond motifs is 1. The van der Waals surface area contributed by atoms with E-state index in [0.29, 0.717) is 29.5 Å². The first-order chi connectivity index (χ1) is 12.8. The molecule has 1 fully saturated rings. The van der Waals surface area contributed by atoms with E-state index in [1.165, 1.54) is 0 Å². The van der Waals surface area contributed by atoms with Crippen LogP contribution in [0.5, 0.6) is 0 Å². The number of amides is 1. The van der Waals surface area contributed by atoms with Gasteiger partial charge in [0.25, 0.3) is 5.91 Å². The SMILES string of the molecule is CCCNS(=O)(=O)c1c(C)c(C)cc2c(C)c(C(=O)N3CCCCC3)oc12. The molecule has 1 aliphatic rings. The Kier molecular flexibility index (Phi) is 5.63. The third-order valence-corrected chi connectivity index (χ3v) is 6.95. The van der Waals surface area contributed by atoms with Crippen molar-refractivity contribution >= 4 is 26.9 Å². The van der Waals surface area contributed by atoms with Crippen LogP contribution >= 0.6 is 0 Å². The minimum absolute atomic E-state index is 0.145. The lowest BCUT2D eigenvalue weighted by atomic mass is 10.0. The van der Waals surface area contributed by atoms with Gasteiger partial charge in [0.05, 0.1) is 0 Å². The number of furan rings is 1. The third kappa shape index (κ3) is 3.62. The van der Waals surface area contributed by atoms with Crippen molar-refractivity contribution in [3.63, 3.8) is 0 Å². The first-order valence-electron chi connectivity index (χ1n) is 9.60. The number of carbonyl (C=O) groups excluding carboxylic acids is 1. The Bertz CT molecular complexity index is 970. The zero-order valence-corrected chi connectivity index (χ0v) is 17.3.